The fourth-order valence-electron chi connectivity index (χ4n) is 3.12. The van der Waals surface area contributed by atoms with Gasteiger partial charge in [-0.05, 0) is 42.0 Å². The van der Waals surface area contributed by atoms with Gasteiger partial charge in [-0.1, -0.05) is 30.3 Å². The lowest BCUT2D eigenvalue weighted by Crippen LogP contribution is -2.18. The maximum absolute atomic E-state index is 12.6. The zero-order valence-electron chi connectivity index (χ0n) is 15.3. The highest BCUT2D eigenvalue weighted by Crippen LogP contribution is 2.37. The van der Waals surface area contributed by atoms with Crippen molar-refractivity contribution in [1.29, 1.82) is 0 Å². The summed E-state index contributed by atoms with van der Waals surface area (Å²) >= 11 is 0. The summed E-state index contributed by atoms with van der Waals surface area (Å²) in [6.45, 7) is 0.323. The average molecular weight is 390 g/mol. The molecule has 1 aliphatic rings. The fraction of sp³-hybridized carbons (Fsp3) is 0.0909. The van der Waals surface area contributed by atoms with E-state index in [0.29, 0.717) is 41.5 Å². The first-order valence-corrected chi connectivity index (χ1v) is 9.03. The molecule has 4 rings (SSSR count). The third-order valence-electron chi connectivity index (χ3n) is 4.54. The maximum atomic E-state index is 12.6. The minimum absolute atomic E-state index is 0.226. The number of ether oxygens (including phenoxy) is 2. The van der Waals surface area contributed by atoms with E-state index < -0.39 is 5.91 Å². The van der Waals surface area contributed by atoms with Crippen LogP contribution in [0.5, 0.6) is 17.2 Å². The number of hydrogen-bond donors (Lipinski definition) is 3. The van der Waals surface area contributed by atoms with Crippen LogP contribution in [0.25, 0.3) is 0 Å². The molecule has 7 nitrogen and oxygen atoms in total. The average Bonchev–Trinajstić information content (AvgIpc) is 2.90. The molecule has 0 spiro atoms. The molecule has 3 N–H and O–H groups in total. The minimum Gasteiger partial charge on any atom is -0.493 e. The highest BCUT2D eigenvalue weighted by Gasteiger charge is 2.22. The second kappa shape index (κ2) is 8.04. The normalized spacial score (nSPS) is 12.0. The number of hydroxylamine groups is 1. The van der Waals surface area contributed by atoms with Crippen molar-refractivity contribution in [3.8, 4) is 17.2 Å². The molecule has 0 radical (unpaired) electrons. The van der Waals surface area contributed by atoms with Gasteiger partial charge in [0.05, 0.1) is 17.9 Å². The number of carbonyl (C=O) groups excluding carboxylic acids is 2. The number of fused-ring (bicyclic) bond motifs is 2. The van der Waals surface area contributed by atoms with Gasteiger partial charge in [-0.3, -0.25) is 14.8 Å². The molecule has 3 aromatic rings. The van der Waals surface area contributed by atoms with Gasteiger partial charge >= 0.3 is 0 Å². The second-order valence-electron chi connectivity index (χ2n) is 6.41. The Morgan fingerprint density at radius 1 is 1.03 bits per heavy atom. The van der Waals surface area contributed by atoms with E-state index >= 15 is 0 Å². The molecule has 0 saturated heterocycles. The molecular weight excluding hydrogens is 372 g/mol. The smallest absolute Gasteiger partial charge is 0.274 e. The molecule has 0 bridgehead atoms. The van der Waals surface area contributed by atoms with Crippen molar-refractivity contribution in [2.75, 3.05) is 11.9 Å². The van der Waals surface area contributed by atoms with E-state index in [1.165, 1.54) is 0 Å². The van der Waals surface area contributed by atoms with E-state index in [2.05, 4.69) is 5.32 Å². The standard InChI is InChI=1S/C22H18N2O5/c25-21(24-27)15-6-3-7-16(13-15)28-12-11-14-5-4-10-19-20(14)23-22(26)17-8-1-2-9-18(17)29-19/h1-10,13,27H,11-12H2,(H,23,26)(H,24,25). The molecule has 1 aliphatic heterocycles. The lowest BCUT2D eigenvalue weighted by Gasteiger charge is -2.13. The topological polar surface area (TPSA) is 96.9 Å². The molecule has 29 heavy (non-hydrogen) atoms. The Bertz CT molecular complexity index is 1080. The van der Waals surface area contributed by atoms with Gasteiger partial charge in [0, 0.05) is 12.0 Å². The van der Waals surface area contributed by atoms with Gasteiger partial charge < -0.3 is 14.8 Å². The predicted molar refractivity (Wildman–Crippen MR) is 106 cm³/mol. The number of benzene rings is 3. The summed E-state index contributed by atoms with van der Waals surface area (Å²) in [4.78, 5) is 24.1. The molecule has 0 atom stereocenters. The van der Waals surface area contributed by atoms with E-state index in [9.17, 15) is 9.59 Å². The van der Waals surface area contributed by atoms with Crippen LogP contribution in [0.4, 0.5) is 5.69 Å². The fourth-order valence-corrected chi connectivity index (χ4v) is 3.12. The summed E-state index contributed by atoms with van der Waals surface area (Å²) in [6.07, 6.45) is 0.513. The van der Waals surface area contributed by atoms with Gasteiger partial charge in [-0.25, -0.2) is 5.48 Å². The lowest BCUT2D eigenvalue weighted by molar-refractivity contribution is 0.0706. The number of nitrogens with one attached hydrogen (secondary N) is 2. The molecule has 2 amide bonds. The largest absolute Gasteiger partial charge is 0.493 e. The van der Waals surface area contributed by atoms with Gasteiger partial charge in [-0.2, -0.15) is 0 Å². The molecule has 0 fully saturated rings. The van der Waals surface area contributed by atoms with Gasteiger partial charge in [0.15, 0.2) is 5.75 Å². The van der Waals surface area contributed by atoms with Crippen molar-refractivity contribution < 1.29 is 24.3 Å². The van der Waals surface area contributed by atoms with E-state index in [1.54, 1.807) is 54.0 Å². The van der Waals surface area contributed by atoms with Crippen LogP contribution in [0.3, 0.4) is 0 Å². The van der Waals surface area contributed by atoms with Gasteiger partial charge in [0.2, 0.25) is 0 Å². The van der Waals surface area contributed by atoms with Crippen molar-refractivity contribution in [3.05, 3.63) is 83.4 Å². The summed E-state index contributed by atoms with van der Waals surface area (Å²) in [5, 5.41) is 11.7. The van der Waals surface area contributed by atoms with E-state index in [4.69, 9.17) is 14.7 Å². The SMILES string of the molecule is O=C(NO)c1cccc(OCCc2cccc3c2NC(=O)c2ccccc2O3)c1. The zero-order valence-corrected chi connectivity index (χ0v) is 15.3. The number of hydrogen-bond acceptors (Lipinski definition) is 5. The highest BCUT2D eigenvalue weighted by atomic mass is 16.5. The van der Waals surface area contributed by atoms with E-state index in [0.717, 1.165) is 5.56 Å². The van der Waals surface area contributed by atoms with Gasteiger partial charge in [-0.15, -0.1) is 0 Å². The second-order valence-corrected chi connectivity index (χ2v) is 6.41. The third kappa shape index (κ3) is 3.90. The third-order valence-corrected chi connectivity index (χ3v) is 4.54. The first kappa shape index (κ1) is 18.5. The summed E-state index contributed by atoms with van der Waals surface area (Å²) in [5.41, 5.74) is 3.84. The highest BCUT2D eigenvalue weighted by molar-refractivity contribution is 6.08. The van der Waals surface area contributed by atoms with Crippen molar-refractivity contribution in [1.82, 2.24) is 5.48 Å². The lowest BCUT2D eigenvalue weighted by atomic mass is 10.1. The van der Waals surface area contributed by atoms with Crippen LogP contribution in [0.1, 0.15) is 26.3 Å². The Balaban J connectivity index is 1.50. The Kier molecular flexibility index (Phi) is 5.13. The first-order valence-electron chi connectivity index (χ1n) is 9.03. The molecule has 1 heterocycles. The number of rotatable bonds is 5. The van der Waals surface area contributed by atoms with Crippen LogP contribution >= 0.6 is 0 Å². The number of anilines is 1. The molecule has 0 unspecified atom stereocenters. The molecule has 7 heteroatoms. The van der Waals surface area contributed by atoms with Crippen LogP contribution in [0, 0.1) is 0 Å². The molecular formula is C22H18N2O5. The van der Waals surface area contributed by atoms with E-state index in [-0.39, 0.29) is 11.5 Å². The summed E-state index contributed by atoms with van der Waals surface area (Å²) in [6, 6.07) is 19.2. The Morgan fingerprint density at radius 2 is 1.83 bits per heavy atom. The van der Waals surface area contributed by atoms with E-state index in [1.807, 2.05) is 18.2 Å². The Labute approximate surface area is 166 Å². The van der Waals surface area contributed by atoms with Gasteiger partial charge in [0.1, 0.15) is 11.5 Å². The number of carbonyl (C=O) groups is 2. The van der Waals surface area contributed by atoms with Crippen LogP contribution in [0.15, 0.2) is 66.7 Å². The molecule has 146 valence electrons. The summed E-state index contributed by atoms with van der Waals surface area (Å²) in [5.74, 6) is 0.748. The Morgan fingerprint density at radius 3 is 2.69 bits per heavy atom. The van der Waals surface area contributed by atoms with Crippen molar-refractivity contribution in [2.45, 2.75) is 6.42 Å². The van der Waals surface area contributed by atoms with Crippen LogP contribution in [0.2, 0.25) is 0 Å². The van der Waals surface area contributed by atoms with Crippen LogP contribution in [-0.4, -0.2) is 23.6 Å². The Hall–Kier alpha value is -3.84. The van der Waals surface area contributed by atoms with Crippen molar-refractivity contribution >= 4 is 17.5 Å². The quantitative estimate of drug-likeness (QED) is 0.455. The summed E-state index contributed by atoms with van der Waals surface area (Å²) < 4.78 is 11.7. The summed E-state index contributed by atoms with van der Waals surface area (Å²) in [7, 11) is 0. The molecule has 3 aromatic carbocycles. The number of amides is 2. The monoisotopic (exact) mass is 390 g/mol. The van der Waals surface area contributed by atoms with Crippen molar-refractivity contribution in [3.63, 3.8) is 0 Å². The molecule has 0 aromatic heterocycles. The predicted octanol–water partition coefficient (Wildman–Crippen LogP) is 3.79. The number of para-hydroxylation sites is 2. The maximum Gasteiger partial charge on any atom is 0.274 e. The molecule has 0 saturated carbocycles. The van der Waals surface area contributed by atoms with Crippen LogP contribution < -0.4 is 20.3 Å². The van der Waals surface area contributed by atoms with Crippen molar-refractivity contribution in [2.24, 2.45) is 0 Å². The molecule has 0 aliphatic carbocycles. The first-order chi connectivity index (χ1) is 14.2. The minimum atomic E-state index is -0.608. The van der Waals surface area contributed by atoms with Gasteiger partial charge in [0.25, 0.3) is 11.8 Å². The zero-order chi connectivity index (χ0) is 20.2. The van der Waals surface area contributed by atoms with Crippen LogP contribution in [-0.2, 0) is 6.42 Å².